The van der Waals surface area contributed by atoms with Gasteiger partial charge in [0.05, 0.1) is 18.4 Å². The summed E-state index contributed by atoms with van der Waals surface area (Å²) in [4.78, 5) is 25.5. The second kappa shape index (κ2) is 8.25. The Bertz CT molecular complexity index is 786. The lowest BCUT2D eigenvalue weighted by Crippen LogP contribution is -2.16. The van der Waals surface area contributed by atoms with Gasteiger partial charge in [0.1, 0.15) is 5.00 Å². The summed E-state index contributed by atoms with van der Waals surface area (Å²) in [5, 5.41) is 4.21. The molecular formula is C18H18ClNO3S2. The molecule has 1 heterocycles. The second-order valence-electron chi connectivity index (χ2n) is 5.72. The van der Waals surface area contributed by atoms with Crippen molar-refractivity contribution in [3.05, 3.63) is 50.9 Å². The fourth-order valence-electron chi connectivity index (χ4n) is 2.82. The number of nitrogens with one attached hydrogen (secondary N) is 1. The van der Waals surface area contributed by atoms with E-state index < -0.39 is 0 Å². The van der Waals surface area contributed by atoms with Crippen molar-refractivity contribution < 1.29 is 14.3 Å². The molecule has 4 nitrogen and oxygen atoms in total. The standard InChI is InChI=1S/C18H18ClNO3S2/c1-23-18(22)16-13-3-2-4-14(13)25-17(16)20-15(21)10-24-9-11-5-7-12(19)8-6-11/h5-8H,2-4,9-10H2,1H3,(H,20,21). The van der Waals surface area contributed by atoms with Crippen molar-refractivity contribution in [2.75, 3.05) is 18.2 Å². The van der Waals surface area contributed by atoms with Crippen molar-refractivity contribution in [3.8, 4) is 0 Å². The maximum Gasteiger partial charge on any atom is 0.341 e. The largest absolute Gasteiger partial charge is 0.465 e. The maximum atomic E-state index is 12.2. The third-order valence-electron chi connectivity index (χ3n) is 3.98. The number of esters is 1. The van der Waals surface area contributed by atoms with Gasteiger partial charge in [0, 0.05) is 15.7 Å². The average molecular weight is 396 g/mol. The van der Waals surface area contributed by atoms with E-state index in [4.69, 9.17) is 16.3 Å². The monoisotopic (exact) mass is 395 g/mol. The van der Waals surface area contributed by atoms with Gasteiger partial charge in [-0.1, -0.05) is 23.7 Å². The first-order chi connectivity index (χ1) is 12.1. The number of anilines is 1. The van der Waals surface area contributed by atoms with Gasteiger partial charge >= 0.3 is 5.97 Å². The van der Waals surface area contributed by atoms with Gasteiger partial charge in [-0.2, -0.15) is 0 Å². The smallest absolute Gasteiger partial charge is 0.341 e. The summed E-state index contributed by atoms with van der Waals surface area (Å²) >= 11 is 8.88. The summed E-state index contributed by atoms with van der Waals surface area (Å²) in [5.74, 6) is 0.578. The quantitative estimate of drug-likeness (QED) is 0.729. The Labute approximate surface area is 159 Å². The van der Waals surface area contributed by atoms with E-state index in [2.05, 4.69) is 5.32 Å². The van der Waals surface area contributed by atoms with Gasteiger partial charge in [-0.05, 0) is 42.5 Å². The van der Waals surface area contributed by atoms with Crippen LogP contribution in [0, 0.1) is 0 Å². The number of hydrogen-bond donors (Lipinski definition) is 1. The predicted octanol–water partition coefficient (Wildman–Crippen LogP) is 4.55. The van der Waals surface area contributed by atoms with E-state index in [0.29, 0.717) is 21.3 Å². The van der Waals surface area contributed by atoms with E-state index in [0.717, 1.165) is 36.1 Å². The molecule has 0 aliphatic heterocycles. The molecule has 25 heavy (non-hydrogen) atoms. The van der Waals surface area contributed by atoms with E-state index in [1.807, 2.05) is 24.3 Å². The Kier molecular flexibility index (Phi) is 6.04. The summed E-state index contributed by atoms with van der Waals surface area (Å²) in [7, 11) is 1.37. The van der Waals surface area contributed by atoms with Crippen LogP contribution in [0.25, 0.3) is 0 Å². The molecule has 3 rings (SSSR count). The Balaban J connectivity index is 1.59. The number of ether oxygens (including phenoxy) is 1. The molecule has 1 amide bonds. The molecule has 0 saturated heterocycles. The summed E-state index contributed by atoms with van der Waals surface area (Å²) in [6.07, 6.45) is 2.89. The third kappa shape index (κ3) is 4.37. The molecule has 0 saturated carbocycles. The van der Waals surface area contributed by atoms with E-state index in [-0.39, 0.29) is 11.9 Å². The van der Waals surface area contributed by atoms with Crippen LogP contribution in [-0.4, -0.2) is 24.7 Å². The Morgan fingerprint density at radius 2 is 2.04 bits per heavy atom. The minimum Gasteiger partial charge on any atom is -0.465 e. The van der Waals surface area contributed by atoms with E-state index in [1.54, 1.807) is 0 Å². The van der Waals surface area contributed by atoms with E-state index in [1.165, 1.54) is 35.1 Å². The first kappa shape index (κ1) is 18.3. The van der Waals surface area contributed by atoms with Crippen molar-refractivity contribution in [3.63, 3.8) is 0 Å². The van der Waals surface area contributed by atoms with Crippen molar-refractivity contribution in [1.82, 2.24) is 0 Å². The van der Waals surface area contributed by atoms with Crippen molar-refractivity contribution in [2.24, 2.45) is 0 Å². The maximum absolute atomic E-state index is 12.2. The van der Waals surface area contributed by atoms with Crippen LogP contribution in [0.1, 0.15) is 32.8 Å². The molecule has 1 aliphatic carbocycles. The molecule has 0 radical (unpaired) electrons. The summed E-state index contributed by atoms with van der Waals surface area (Å²) < 4.78 is 4.89. The van der Waals surface area contributed by atoms with Crippen molar-refractivity contribution in [2.45, 2.75) is 25.0 Å². The number of rotatable bonds is 6. The SMILES string of the molecule is COC(=O)c1c(NC(=O)CSCc2ccc(Cl)cc2)sc2c1CCC2. The Morgan fingerprint density at radius 1 is 1.28 bits per heavy atom. The van der Waals surface area contributed by atoms with Gasteiger partial charge in [0.25, 0.3) is 0 Å². The van der Waals surface area contributed by atoms with Crippen LogP contribution < -0.4 is 5.32 Å². The zero-order chi connectivity index (χ0) is 17.8. The van der Waals surface area contributed by atoms with Crippen LogP contribution in [0.15, 0.2) is 24.3 Å². The molecule has 0 spiro atoms. The van der Waals surface area contributed by atoms with Gasteiger partial charge < -0.3 is 10.1 Å². The predicted molar refractivity (Wildman–Crippen MR) is 104 cm³/mol. The second-order valence-corrected chi connectivity index (χ2v) is 8.25. The van der Waals surface area contributed by atoms with Crippen molar-refractivity contribution in [1.29, 1.82) is 0 Å². The highest BCUT2D eigenvalue weighted by Crippen LogP contribution is 2.39. The average Bonchev–Trinajstić information content (AvgIpc) is 3.16. The molecule has 1 aliphatic rings. The fourth-order valence-corrected chi connectivity index (χ4v) is 5.02. The first-order valence-electron chi connectivity index (χ1n) is 7.93. The number of carbonyl (C=O) groups excluding carboxylic acids is 2. The summed E-state index contributed by atoms with van der Waals surface area (Å²) in [5.41, 5.74) is 2.70. The number of thiophene rings is 1. The van der Waals surface area contributed by atoms with Gasteiger partial charge in [-0.25, -0.2) is 4.79 Å². The number of methoxy groups -OCH3 is 1. The molecule has 1 aromatic heterocycles. The number of fused-ring (bicyclic) bond motifs is 1. The van der Waals surface area contributed by atoms with Crippen LogP contribution in [-0.2, 0) is 28.1 Å². The topological polar surface area (TPSA) is 55.4 Å². The number of amides is 1. The molecule has 2 aromatic rings. The van der Waals surface area contributed by atoms with Crippen LogP contribution in [0.3, 0.4) is 0 Å². The molecule has 1 aromatic carbocycles. The minimum atomic E-state index is -0.372. The molecule has 0 fully saturated rings. The number of hydrogen-bond acceptors (Lipinski definition) is 5. The number of aryl methyl sites for hydroxylation is 1. The molecule has 0 bridgehead atoms. The zero-order valence-electron chi connectivity index (χ0n) is 13.8. The lowest BCUT2D eigenvalue weighted by atomic mass is 10.1. The number of thioether (sulfide) groups is 1. The highest BCUT2D eigenvalue weighted by Gasteiger charge is 2.27. The highest BCUT2D eigenvalue weighted by molar-refractivity contribution is 7.99. The fraction of sp³-hybridized carbons (Fsp3) is 0.333. The number of halogens is 1. The molecule has 132 valence electrons. The summed E-state index contributed by atoms with van der Waals surface area (Å²) in [6, 6.07) is 7.58. The van der Waals surface area contributed by atoms with Gasteiger partial charge in [-0.15, -0.1) is 23.1 Å². The zero-order valence-corrected chi connectivity index (χ0v) is 16.2. The van der Waals surface area contributed by atoms with E-state index in [9.17, 15) is 9.59 Å². The van der Waals surface area contributed by atoms with Crippen LogP contribution in [0.4, 0.5) is 5.00 Å². The first-order valence-corrected chi connectivity index (χ1v) is 10.3. The van der Waals surface area contributed by atoms with Gasteiger partial charge in [-0.3, -0.25) is 4.79 Å². The van der Waals surface area contributed by atoms with Crippen LogP contribution >= 0.6 is 34.7 Å². The van der Waals surface area contributed by atoms with Gasteiger partial charge in [0.15, 0.2) is 0 Å². The normalized spacial score (nSPS) is 12.7. The lowest BCUT2D eigenvalue weighted by molar-refractivity contribution is -0.113. The lowest BCUT2D eigenvalue weighted by Gasteiger charge is -2.07. The molecule has 7 heteroatoms. The van der Waals surface area contributed by atoms with E-state index >= 15 is 0 Å². The molecule has 0 unspecified atom stereocenters. The number of carbonyl (C=O) groups is 2. The molecule has 0 atom stereocenters. The van der Waals surface area contributed by atoms with Gasteiger partial charge in [0.2, 0.25) is 5.91 Å². The van der Waals surface area contributed by atoms with Crippen molar-refractivity contribution >= 4 is 51.6 Å². The third-order valence-corrected chi connectivity index (χ3v) is 6.44. The van der Waals surface area contributed by atoms with Crippen LogP contribution in [0.5, 0.6) is 0 Å². The summed E-state index contributed by atoms with van der Waals surface area (Å²) in [6.45, 7) is 0. The van der Waals surface area contributed by atoms with Crippen LogP contribution in [0.2, 0.25) is 5.02 Å². The molecular weight excluding hydrogens is 378 g/mol. The molecule has 1 N–H and O–H groups in total. The Morgan fingerprint density at radius 3 is 2.76 bits per heavy atom. The minimum absolute atomic E-state index is 0.107. The number of benzene rings is 1. The Hall–Kier alpha value is -1.50. The highest BCUT2D eigenvalue weighted by atomic mass is 35.5.